The molecule has 0 amide bonds. The zero-order valence-electron chi connectivity index (χ0n) is 11.3. The van der Waals surface area contributed by atoms with E-state index in [2.05, 4.69) is 51.0 Å². The van der Waals surface area contributed by atoms with Crippen LogP contribution >= 0.6 is 0 Å². The molecule has 4 heteroatoms. The van der Waals surface area contributed by atoms with Gasteiger partial charge in [0.1, 0.15) is 5.82 Å². The van der Waals surface area contributed by atoms with Crippen molar-refractivity contribution in [3.8, 4) is 5.69 Å². The number of rotatable bonds is 3. The van der Waals surface area contributed by atoms with Gasteiger partial charge in [-0.3, -0.25) is 4.90 Å². The Morgan fingerprint density at radius 2 is 2.16 bits per heavy atom. The van der Waals surface area contributed by atoms with Gasteiger partial charge >= 0.3 is 0 Å². The number of nitrogens with one attached hydrogen (secondary N) is 1. The van der Waals surface area contributed by atoms with Crippen LogP contribution in [0.3, 0.4) is 0 Å². The van der Waals surface area contributed by atoms with Crippen molar-refractivity contribution in [2.45, 2.75) is 19.5 Å². The molecule has 2 aromatic rings. The van der Waals surface area contributed by atoms with Crippen molar-refractivity contribution in [2.75, 3.05) is 19.6 Å². The lowest BCUT2D eigenvalue weighted by atomic mass is 10.2. The summed E-state index contributed by atoms with van der Waals surface area (Å²) in [5, 5.41) is 3.47. The van der Waals surface area contributed by atoms with Gasteiger partial charge in [0.25, 0.3) is 0 Å². The Hall–Kier alpha value is -1.65. The Balaban J connectivity index is 1.77. The van der Waals surface area contributed by atoms with E-state index >= 15 is 0 Å². The van der Waals surface area contributed by atoms with E-state index in [9.17, 15) is 0 Å². The molecular formula is C15H20N4. The van der Waals surface area contributed by atoms with Crippen LogP contribution < -0.4 is 5.32 Å². The van der Waals surface area contributed by atoms with Crippen LogP contribution in [0.1, 0.15) is 12.7 Å². The summed E-state index contributed by atoms with van der Waals surface area (Å²) in [5.41, 5.74) is 1.18. The van der Waals surface area contributed by atoms with E-state index in [4.69, 9.17) is 0 Å². The fourth-order valence-corrected chi connectivity index (χ4v) is 2.63. The van der Waals surface area contributed by atoms with Crippen LogP contribution in [0.2, 0.25) is 0 Å². The highest BCUT2D eigenvalue weighted by Gasteiger charge is 2.17. The second-order valence-corrected chi connectivity index (χ2v) is 5.14. The van der Waals surface area contributed by atoms with Crippen LogP contribution in [0.5, 0.6) is 0 Å². The van der Waals surface area contributed by atoms with Crippen LogP contribution in [-0.4, -0.2) is 40.1 Å². The molecule has 1 aromatic heterocycles. The van der Waals surface area contributed by atoms with Crippen molar-refractivity contribution in [1.82, 2.24) is 19.8 Å². The van der Waals surface area contributed by atoms with E-state index < -0.39 is 0 Å². The highest BCUT2D eigenvalue weighted by molar-refractivity contribution is 5.32. The predicted octanol–water partition coefficient (Wildman–Crippen LogP) is 1.67. The minimum atomic E-state index is 0.564. The topological polar surface area (TPSA) is 33.1 Å². The van der Waals surface area contributed by atoms with E-state index in [1.54, 1.807) is 0 Å². The monoisotopic (exact) mass is 256 g/mol. The molecule has 100 valence electrons. The van der Waals surface area contributed by atoms with Crippen molar-refractivity contribution >= 4 is 0 Å². The maximum absolute atomic E-state index is 4.51. The van der Waals surface area contributed by atoms with Gasteiger partial charge in [0.05, 0.1) is 6.54 Å². The van der Waals surface area contributed by atoms with Crippen LogP contribution in [0, 0.1) is 0 Å². The fourth-order valence-electron chi connectivity index (χ4n) is 2.63. The van der Waals surface area contributed by atoms with Crippen molar-refractivity contribution in [1.29, 1.82) is 0 Å². The molecule has 1 unspecified atom stereocenters. The number of benzene rings is 1. The van der Waals surface area contributed by atoms with Gasteiger partial charge in [0.2, 0.25) is 0 Å². The molecule has 1 N–H and O–H groups in total. The van der Waals surface area contributed by atoms with Crippen LogP contribution in [0.4, 0.5) is 0 Å². The third-order valence-corrected chi connectivity index (χ3v) is 3.57. The standard InChI is InChI=1S/C15H20N4/c1-13-11-18(9-7-16-13)12-15-17-8-10-19(15)14-5-3-2-4-6-14/h2-6,8,10,13,16H,7,9,11-12H2,1H3. The Kier molecular flexibility index (Phi) is 3.62. The number of hydrogen-bond acceptors (Lipinski definition) is 3. The molecule has 0 aliphatic carbocycles. The zero-order chi connectivity index (χ0) is 13.1. The molecule has 1 aliphatic heterocycles. The molecule has 0 spiro atoms. The summed E-state index contributed by atoms with van der Waals surface area (Å²) < 4.78 is 2.17. The van der Waals surface area contributed by atoms with E-state index in [0.29, 0.717) is 6.04 Å². The molecule has 1 fully saturated rings. The third-order valence-electron chi connectivity index (χ3n) is 3.57. The molecule has 1 aliphatic rings. The normalized spacial score (nSPS) is 20.6. The Bertz CT molecular complexity index is 520. The first-order valence-electron chi connectivity index (χ1n) is 6.86. The first kappa shape index (κ1) is 12.4. The highest BCUT2D eigenvalue weighted by Crippen LogP contribution is 2.12. The molecule has 0 radical (unpaired) electrons. The fraction of sp³-hybridized carbons (Fsp3) is 0.400. The van der Waals surface area contributed by atoms with E-state index in [-0.39, 0.29) is 0 Å². The lowest BCUT2D eigenvalue weighted by Gasteiger charge is -2.31. The SMILES string of the molecule is CC1CN(Cc2nccn2-c2ccccc2)CCN1. The van der Waals surface area contributed by atoms with Crippen LogP contribution in [-0.2, 0) is 6.54 Å². The molecule has 1 atom stereocenters. The molecule has 1 saturated heterocycles. The first-order chi connectivity index (χ1) is 9.33. The molecular weight excluding hydrogens is 236 g/mol. The summed E-state index contributed by atoms with van der Waals surface area (Å²) in [7, 11) is 0. The largest absolute Gasteiger partial charge is 0.312 e. The van der Waals surface area contributed by atoms with Gasteiger partial charge in [-0.05, 0) is 19.1 Å². The minimum Gasteiger partial charge on any atom is -0.312 e. The van der Waals surface area contributed by atoms with E-state index in [1.807, 2.05) is 18.5 Å². The summed E-state index contributed by atoms with van der Waals surface area (Å²) >= 11 is 0. The van der Waals surface area contributed by atoms with E-state index in [0.717, 1.165) is 32.0 Å². The third kappa shape index (κ3) is 2.85. The average molecular weight is 256 g/mol. The van der Waals surface area contributed by atoms with Gasteiger partial charge in [0.15, 0.2) is 0 Å². The highest BCUT2D eigenvalue weighted by atomic mass is 15.2. The first-order valence-corrected chi connectivity index (χ1v) is 6.86. The summed E-state index contributed by atoms with van der Waals surface area (Å²) in [6.07, 6.45) is 3.92. The quantitative estimate of drug-likeness (QED) is 0.907. The maximum atomic E-state index is 4.51. The number of nitrogens with zero attached hydrogens (tertiary/aromatic N) is 3. The summed E-state index contributed by atoms with van der Waals surface area (Å²) in [4.78, 5) is 6.97. The van der Waals surface area contributed by atoms with Gasteiger partial charge in [-0.2, -0.15) is 0 Å². The number of aromatic nitrogens is 2. The maximum Gasteiger partial charge on any atom is 0.127 e. The molecule has 2 heterocycles. The number of para-hydroxylation sites is 1. The number of imidazole rings is 1. The molecule has 4 nitrogen and oxygen atoms in total. The molecule has 19 heavy (non-hydrogen) atoms. The minimum absolute atomic E-state index is 0.564. The molecule has 0 saturated carbocycles. The average Bonchev–Trinajstić information content (AvgIpc) is 2.88. The summed E-state index contributed by atoms with van der Waals surface area (Å²) in [6.45, 7) is 6.38. The van der Waals surface area contributed by atoms with E-state index in [1.165, 1.54) is 5.69 Å². The smallest absolute Gasteiger partial charge is 0.127 e. The second-order valence-electron chi connectivity index (χ2n) is 5.14. The molecule has 3 rings (SSSR count). The number of piperazine rings is 1. The van der Waals surface area contributed by atoms with Gasteiger partial charge in [-0.1, -0.05) is 18.2 Å². The lowest BCUT2D eigenvalue weighted by molar-refractivity contribution is 0.194. The lowest BCUT2D eigenvalue weighted by Crippen LogP contribution is -2.48. The van der Waals surface area contributed by atoms with Crippen LogP contribution in [0.25, 0.3) is 5.69 Å². The van der Waals surface area contributed by atoms with Crippen molar-refractivity contribution < 1.29 is 0 Å². The van der Waals surface area contributed by atoms with Gasteiger partial charge in [-0.25, -0.2) is 4.98 Å². The molecule has 0 bridgehead atoms. The van der Waals surface area contributed by atoms with Crippen molar-refractivity contribution in [2.24, 2.45) is 0 Å². The molecule has 1 aromatic carbocycles. The zero-order valence-corrected chi connectivity index (χ0v) is 11.3. The van der Waals surface area contributed by atoms with Gasteiger partial charge in [0, 0.05) is 43.8 Å². The van der Waals surface area contributed by atoms with Crippen molar-refractivity contribution in [3.63, 3.8) is 0 Å². The second kappa shape index (κ2) is 5.55. The summed E-state index contributed by atoms with van der Waals surface area (Å²) in [6, 6.07) is 11.0. The van der Waals surface area contributed by atoms with Crippen molar-refractivity contribution in [3.05, 3.63) is 48.5 Å². The Morgan fingerprint density at radius 3 is 2.95 bits per heavy atom. The summed E-state index contributed by atoms with van der Waals surface area (Å²) in [5.74, 6) is 1.11. The van der Waals surface area contributed by atoms with Crippen LogP contribution in [0.15, 0.2) is 42.7 Å². The Labute approximate surface area is 114 Å². The Morgan fingerprint density at radius 1 is 1.32 bits per heavy atom. The number of hydrogen-bond donors (Lipinski definition) is 1. The predicted molar refractivity (Wildman–Crippen MR) is 76.3 cm³/mol. The van der Waals surface area contributed by atoms with Gasteiger partial charge < -0.3 is 9.88 Å². The van der Waals surface area contributed by atoms with Gasteiger partial charge in [-0.15, -0.1) is 0 Å².